The second-order valence-corrected chi connectivity index (χ2v) is 5.77. The van der Waals surface area contributed by atoms with Gasteiger partial charge in [0.1, 0.15) is 0 Å². The zero-order chi connectivity index (χ0) is 14.8. The number of aliphatic hydroxyl groups is 1. The molecule has 0 aliphatic carbocycles. The maximum Gasteiger partial charge on any atom is 0.333 e. The van der Waals surface area contributed by atoms with E-state index in [-0.39, 0.29) is 4.90 Å². The van der Waals surface area contributed by atoms with Crippen molar-refractivity contribution in [1.82, 2.24) is 9.71 Å². The molecule has 0 saturated carbocycles. The minimum absolute atomic E-state index is 0.0133. The first-order valence-electron chi connectivity index (χ1n) is 5.66. The summed E-state index contributed by atoms with van der Waals surface area (Å²) < 4.78 is 26.3. The van der Waals surface area contributed by atoms with Crippen LogP contribution in [0.2, 0.25) is 0 Å². The van der Waals surface area contributed by atoms with Crippen LogP contribution in [0.3, 0.4) is 0 Å². The van der Waals surface area contributed by atoms with Crippen molar-refractivity contribution >= 4 is 26.9 Å². The average molecular weight is 296 g/mol. The van der Waals surface area contributed by atoms with E-state index in [4.69, 9.17) is 10.2 Å². The highest BCUT2D eigenvalue weighted by Crippen LogP contribution is 2.20. The highest BCUT2D eigenvalue weighted by Gasteiger charge is 2.21. The molecule has 2 rings (SSSR count). The fraction of sp³-hybridized carbons (Fsp3) is 0.167. The molecule has 0 bridgehead atoms. The SMILES string of the molecule is O=C(O)[C@@H](O)CNS(=O)(=O)c1cccc2ncccc12. The van der Waals surface area contributed by atoms with Crippen LogP contribution in [0.4, 0.5) is 0 Å². The number of benzene rings is 1. The number of fused-ring (bicyclic) bond motifs is 1. The van der Waals surface area contributed by atoms with Gasteiger partial charge in [0.05, 0.1) is 10.4 Å². The minimum atomic E-state index is -3.93. The molecular weight excluding hydrogens is 284 g/mol. The Hall–Kier alpha value is -2.03. The number of pyridine rings is 1. The molecule has 2 aromatic rings. The number of hydrogen-bond acceptors (Lipinski definition) is 5. The lowest BCUT2D eigenvalue weighted by atomic mass is 10.2. The van der Waals surface area contributed by atoms with Gasteiger partial charge >= 0.3 is 5.97 Å². The van der Waals surface area contributed by atoms with Crippen LogP contribution < -0.4 is 4.72 Å². The third-order valence-electron chi connectivity index (χ3n) is 2.65. The zero-order valence-electron chi connectivity index (χ0n) is 10.2. The number of hydrogen-bond donors (Lipinski definition) is 3. The van der Waals surface area contributed by atoms with E-state index in [1.165, 1.54) is 12.1 Å². The van der Waals surface area contributed by atoms with Gasteiger partial charge in [-0.25, -0.2) is 17.9 Å². The molecule has 8 heteroatoms. The molecule has 0 unspecified atom stereocenters. The first-order valence-corrected chi connectivity index (χ1v) is 7.14. The first kappa shape index (κ1) is 14.4. The van der Waals surface area contributed by atoms with E-state index < -0.39 is 28.6 Å². The second-order valence-electron chi connectivity index (χ2n) is 4.03. The summed E-state index contributed by atoms with van der Waals surface area (Å²) in [6.45, 7) is -0.603. The number of carboxylic acids is 1. The van der Waals surface area contributed by atoms with Gasteiger partial charge < -0.3 is 10.2 Å². The van der Waals surface area contributed by atoms with E-state index in [9.17, 15) is 13.2 Å². The average Bonchev–Trinajstić information content (AvgIpc) is 2.44. The second kappa shape index (κ2) is 5.53. The number of nitrogens with zero attached hydrogens (tertiary/aromatic N) is 1. The Balaban J connectivity index is 2.35. The minimum Gasteiger partial charge on any atom is -0.479 e. The van der Waals surface area contributed by atoms with Gasteiger partial charge in [0.25, 0.3) is 0 Å². The maximum absolute atomic E-state index is 12.1. The van der Waals surface area contributed by atoms with Crippen LogP contribution in [0.25, 0.3) is 10.9 Å². The molecule has 0 aliphatic heterocycles. The van der Waals surface area contributed by atoms with Gasteiger partial charge in [0, 0.05) is 18.1 Å². The normalized spacial score (nSPS) is 13.2. The van der Waals surface area contributed by atoms with Gasteiger partial charge in [-0.2, -0.15) is 0 Å². The van der Waals surface area contributed by atoms with Gasteiger partial charge in [0.2, 0.25) is 10.0 Å². The molecule has 1 aromatic carbocycles. The number of aromatic nitrogens is 1. The summed E-state index contributed by atoms with van der Waals surface area (Å²) in [6.07, 6.45) is -0.252. The van der Waals surface area contributed by atoms with E-state index in [1.807, 2.05) is 0 Å². The fourth-order valence-electron chi connectivity index (χ4n) is 1.66. The van der Waals surface area contributed by atoms with Gasteiger partial charge in [-0.15, -0.1) is 0 Å². The predicted molar refractivity (Wildman–Crippen MR) is 70.6 cm³/mol. The van der Waals surface area contributed by atoms with Crippen molar-refractivity contribution < 1.29 is 23.4 Å². The Morgan fingerprint density at radius 3 is 2.75 bits per heavy atom. The van der Waals surface area contributed by atoms with E-state index in [2.05, 4.69) is 9.71 Å². The number of carbonyl (C=O) groups is 1. The number of nitrogens with one attached hydrogen (secondary N) is 1. The standard InChI is InChI=1S/C12H12N2O5S/c15-10(12(16)17)7-14-20(18,19)11-5-1-4-9-8(11)3-2-6-13-9/h1-6,10,14-15H,7H2,(H,16,17)/t10-/m0/s1. The van der Waals surface area contributed by atoms with Gasteiger partial charge in [0.15, 0.2) is 6.10 Å². The highest BCUT2D eigenvalue weighted by molar-refractivity contribution is 7.89. The van der Waals surface area contributed by atoms with Crippen LogP contribution in [0, 0.1) is 0 Å². The molecule has 0 fully saturated rings. The van der Waals surface area contributed by atoms with Crippen LogP contribution in [0.5, 0.6) is 0 Å². The predicted octanol–water partition coefficient (Wildman–Crippen LogP) is -0.0414. The summed E-state index contributed by atoms with van der Waals surface area (Å²) in [5.41, 5.74) is 0.508. The monoisotopic (exact) mass is 296 g/mol. The molecule has 1 heterocycles. The van der Waals surface area contributed by atoms with Crippen molar-refractivity contribution in [3.63, 3.8) is 0 Å². The molecule has 1 atom stereocenters. The Morgan fingerprint density at radius 1 is 1.30 bits per heavy atom. The Labute approximate surface area is 114 Å². The van der Waals surface area contributed by atoms with Crippen molar-refractivity contribution in [2.45, 2.75) is 11.0 Å². The van der Waals surface area contributed by atoms with E-state index in [0.29, 0.717) is 10.9 Å². The Bertz CT molecular complexity index is 739. The molecule has 0 spiro atoms. The molecule has 20 heavy (non-hydrogen) atoms. The highest BCUT2D eigenvalue weighted by atomic mass is 32.2. The van der Waals surface area contributed by atoms with Crippen LogP contribution in [0.15, 0.2) is 41.4 Å². The van der Waals surface area contributed by atoms with Gasteiger partial charge in [-0.05, 0) is 24.3 Å². The lowest BCUT2D eigenvalue weighted by Crippen LogP contribution is -2.36. The molecule has 0 aliphatic rings. The maximum atomic E-state index is 12.1. The summed E-state index contributed by atoms with van der Waals surface area (Å²) in [5.74, 6) is -1.49. The molecular formula is C12H12N2O5S. The number of sulfonamides is 1. The molecule has 0 radical (unpaired) electrons. The zero-order valence-corrected chi connectivity index (χ0v) is 11.0. The molecule has 1 aromatic heterocycles. The van der Waals surface area contributed by atoms with Gasteiger partial charge in [-0.3, -0.25) is 4.98 Å². The number of aliphatic carboxylic acids is 1. The van der Waals surface area contributed by atoms with E-state index >= 15 is 0 Å². The van der Waals surface area contributed by atoms with Crippen molar-refractivity contribution in [1.29, 1.82) is 0 Å². The summed E-state index contributed by atoms with van der Waals surface area (Å²) in [5, 5.41) is 18.1. The number of rotatable bonds is 5. The summed E-state index contributed by atoms with van der Waals surface area (Å²) in [6, 6.07) is 7.80. The van der Waals surface area contributed by atoms with Crippen LogP contribution >= 0.6 is 0 Å². The Morgan fingerprint density at radius 2 is 2.05 bits per heavy atom. The van der Waals surface area contributed by atoms with Crippen LogP contribution in [-0.2, 0) is 14.8 Å². The number of carboxylic acid groups (broad SMARTS) is 1. The third-order valence-corrected chi connectivity index (χ3v) is 4.13. The Kier molecular flexibility index (Phi) is 3.98. The largest absolute Gasteiger partial charge is 0.479 e. The van der Waals surface area contributed by atoms with Gasteiger partial charge in [-0.1, -0.05) is 6.07 Å². The van der Waals surface area contributed by atoms with Crippen molar-refractivity contribution in [3.05, 3.63) is 36.5 Å². The summed E-state index contributed by atoms with van der Waals surface area (Å²) >= 11 is 0. The van der Waals surface area contributed by atoms with E-state index in [0.717, 1.165) is 0 Å². The van der Waals surface area contributed by atoms with Crippen molar-refractivity contribution in [2.75, 3.05) is 6.54 Å². The lowest BCUT2D eigenvalue weighted by molar-refractivity contribution is -0.146. The molecule has 0 amide bonds. The molecule has 106 valence electrons. The van der Waals surface area contributed by atoms with Crippen LogP contribution in [0.1, 0.15) is 0 Å². The topological polar surface area (TPSA) is 117 Å². The third kappa shape index (κ3) is 2.93. The molecule has 0 saturated heterocycles. The smallest absolute Gasteiger partial charge is 0.333 e. The fourth-order valence-corrected chi connectivity index (χ4v) is 2.92. The molecule has 7 nitrogen and oxygen atoms in total. The quantitative estimate of drug-likeness (QED) is 0.712. The van der Waals surface area contributed by atoms with E-state index in [1.54, 1.807) is 24.4 Å². The lowest BCUT2D eigenvalue weighted by Gasteiger charge is -2.10. The summed E-state index contributed by atoms with van der Waals surface area (Å²) in [7, 11) is -3.93. The molecule has 3 N–H and O–H groups in total. The summed E-state index contributed by atoms with van der Waals surface area (Å²) in [4.78, 5) is 14.5. The first-order chi connectivity index (χ1) is 9.42. The van der Waals surface area contributed by atoms with Crippen molar-refractivity contribution in [3.8, 4) is 0 Å². The van der Waals surface area contributed by atoms with Crippen molar-refractivity contribution in [2.24, 2.45) is 0 Å². The van der Waals surface area contributed by atoms with Crippen LogP contribution in [-0.4, -0.2) is 42.2 Å². The number of aliphatic hydroxyl groups excluding tert-OH is 1.